The molecule has 40 heavy (non-hydrogen) atoms. The molecule has 0 radical (unpaired) electrons. The van der Waals surface area contributed by atoms with Crippen LogP contribution in [0.2, 0.25) is 0 Å². The zero-order valence-corrected chi connectivity index (χ0v) is 23.9. The number of rotatable bonds is 13. The molecule has 0 spiro atoms. The summed E-state index contributed by atoms with van der Waals surface area (Å²) in [5.41, 5.74) is 6.29. The van der Waals surface area contributed by atoms with Crippen molar-refractivity contribution in [2.45, 2.75) is 55.3 Å². The van der Waals surface area contributed by atoms with E-state index in [0.717, 1.165) is 43.2 Å². The van der Waals surface area contributed by atoms with E-state index in [9.17, 15) is 22.7 Å². The number of hydrogen-bond donors (Lipinski definition) is 2. The van der Waals surface area contributed by atoms with Crippen LogP contribution in [-0.2, 0) is 30.7 Å². The van der Waals surface area contributed by atoms with Crippen molar-refractivity contribution >= 4 is 21.7 Å². The minimum Gasteiger partial charge on any atom is -0.462 e. The predicted octanol–water partition coefficient (Wildman–Crippen LogP) is 2.68. The number of esters is 1. The number of fused-ring (bicyclic) bond motifs is 1. The predicted molar refractivity (Wildman–Crippen MR) is 149 cm³/mol. The fourth-order valence-electron chi connectivity index (χ4n) is 5.53. The highest BCUT2D eigenvalue weighted by atomic mass is 32.2. The summed E-state index contributed by atoms with van der Waals surface area (Å²) >= 11 is 0. The molecule has 1 heterocycles. The third-order valence-corrected chi connectivity index (χ3v) is 9.67. The third-order valence-electron chi connectivity index (χ3n) is 7.81. The molecule has 0 amide bonds. The van der Waals surface area contributed by atoms with E-state index in [4.69, 9.17) is 15.2 Å². The molecule has 9 nitrogen and oxygen atoms in total. The molecule has 0 aromatic heterocycles. The minimum atomic E-state index is -4.12. The van der Waals surface area contributed by atoms with Gasteiger partial charge >= 0.3 is 5.97 Å². The number of benzene rings is 2. The summed E-state index contributed by atoms with van der Waals surface area (Å²) in [7, 11) is -0.497. The van der Waals surface area contributed by atoms with E-state index in [2.05, 4.69) is 0 Å². The molecule has 0 bridgehead atoms. The van der Waals surface area contributed by atoms with Gasteiger partial charge in [0.05, 0.1) is 29.2 Å². The Morgan fingerprint density at radius 2 is 1.93 bits per heavy atom. The van der Waals surface area contributed by atoms with Gasteiger partial charge in [-0.05, 0) is 63.0 Å². The third kappa shape index (κ3) is 7.79. The summed E-state index contributed by atoms with van der Waals surface area (Å²) in [4.78, 5) is 14.7. The van der Waals surface area contributed by atoms with Gasteiger partial charge < -0.3 is 25.2 Å². The van der Waals surface area contributed by atoms with Crippen LogP contribution in [0.15, 0.2) is 53.4 Å². The van der Waals surface area contributed by atoms with Gasteiger partial charge in [0, 0.05) is 38.6 Å². The summed E-state index contributed by atoms with van der Waals surface area (Å²) in [6.07, 6.45) is 1.49. The van der Waals surface area contributed by atoms with E-state index in [-0.39, 0.29) is 42.3 Å². The van der Waals surface area contributed by atoms with Gasteiger partial charge in [0.1, 0.15) is 11.9 Å². The van der Waals surface area contributed by atoms with Gasteiger partial charge in [0.25, 0.3) is 0 Å². The van der Waals surface area contributed by atoms with E-state index in [0.29, 0.717) is 25.3 Å². The molecule has 1 aliphatic carbocycles. The normalized spacial score (nSPS) is 22.4. The zero-order valence-electron chi connectivity index (χ0n) is 23.1. The number of aliphatic hydroxyl groups excluding tert-OH is 1. The summed E-state index contributed by atoms with van der Waals surface area (Å²) in [5, 5.41) is 11.4. The van der Waals surface area contributed by atoms with Crippen molar-refractivity contribution in [3.05, 3.63) is 59.9 Å². The lowest BCUT2D eigenvalue weighted by atomic mass is 9.91. The van der Waals surface area contributed by atoms with Gasteiger partial charge in [-0.15, -0.1) is 0 Å². The first-order valence-electron chi connectivity index (χ1n) is 13.8. The number of aliphatic hydroxyl groups is 1. The van der Waals surface area contributed by atoms with Crippen molar-refractivity contribution in [3.8, 4) is 0 Å². The lowest BCUT2D eigenvalue weighted by molar-refractivity contribution is -0.151. The number of likely N-dealkylation sites (N-methyl/N-ethyl adjacent to an activating group) is 1. The second kappa shape index (κ2) is 13.4. The maximum Gasteiger partial charge on any atom is 0.306 e. The van der Waals surface area contributed by atoms with Crippen LogP contribution in [0.25, 0.3) is 0 Å². The Bertz CT molecular complexity index is 1230. The average Bonchev–Trinajstić information content (AvgIpc) is 3.50. The number of carbonyl (C=O) groups excluding carboxylic acids is 1. The first-order valence-corrected chi connectivity index (χ1v) is 15.2. The smallest absolute Gasteiger partial charge is 0.306 e. The summed E-state index contributed by atoms with van der Waals surface area (Å²) in [6, 6.07) is 12.7. The number of anilines is 1. The number of nitrogen functional groups attached to an aromatic ring is 1. The number of ether oxygens (including phenoxy) is 2. The quantitative estimate of drug-likeness (QED) is 0.275. The minimum absolute atomic E-state index is 0.0617. The number of carbonyl (C=O) groups is 1. The van der Waals surface area contributed by atoms with Gasteiger partial charge in [-0.3, -0.25) is 4.79 Å². The van der Waals surface area contributed by atoms with E-state index in [1.165, 1.54) is 4.31 Å². The largest absolute Gasteiger partial charge is 0.462 e. The number of nitrogens with two attached hydrogens (primary N) is 1. The first kappa shape index (κ1) is 30.4. The molecule has 4 rings (SSSR count). The summed E-state index contributed by atoms with van der Waals surface area (Å²) in [6.45, 7) is 0.968. The summed E-state index contributed by atoms with van der Waals surface area (Å²) in [5.74, 6) is -1.31. The lowest BCUT2D eigenvalue weighted by Gasteiger charge is -2.30. The van der Waals surface area contributed by atoms with E-state index < -0.39 is 33.8 Å². The molecule has 2 aliphatic rings. The van der Waals surface area contributed by atoms with E-state index in [1.807, 2.05) is 49.3 Å². The zero-order chi connectivity index (χ0) is 28.9. The molecule has 5 atom stereocenters. The molecule has 2 unspecified atom stereocenters. The molecule has 1 saturated carbocycles. The Morgan fingerprint density at radius 3 is 2.60 bits per heavy atom. The van der Waals surface area contributed by atoms with Crippen molar-refractivity contribution < 1.29 is 32.2 Å². The van der Waals surface area contributed by atoms with E-state index >= 15 is 0 Å². The molecular weight excluding hydrogens is 537 g/mol. The van der Waals surface area contributed by atoms with Crippen LogP contribution in [0.4, 0.5) is 10.1 Å². The van der Waals surface area contributed by atoms with Crippen LogP contribution >= 0.6 is 0 Å². The second-order valence-electron chi connectivity index (χ2n) is 11.1. The number of hydrogen-bond acceptors (Lipinski definition) is 8. The van der Waals surface area contributed by atoms with Gasteiger partial charge in [-0.25, -0.2) is 12.8 Å². The van der Waals surface area contributed by atoms with Crippen LogP contribution < -0.4 is 5.73 Å². The van der Waals surface area contributed by atoms with Crippen molar-refractivity contribution in [2.24, 2.45) is 11.8 Å². The number of sulfonamides is 1. The molecule has 2 fully saturated rings. The fraction of sp³-hybridized carbons (Fsp3) is 0.552. The van der Waals surface area contributed by atoms with Crippen LogP contribution in [0.1, 0.15) is 31.2 Å². The topological polar surface area (TPSA) is 122 Å². The Balaban J connectivity index is 1.51. The van der Waals surface area contributed by atoms with Crippen LogP contribution in [0, 0.1) is 17.7 Å². The fourth-order valence-corrected chi connectivity index (χ4v) is 7.02. The van der Waals surface area contributed by atoms with Crippen LogP contribution in [0.3, 0.4) is 0 Å². The number of halogens is 1. The second-order valence-corrected chi connectivity index (χ2v) is 13.1. The van der Waals surface area contributed by atoms with E-state index in [1.54, 1.807) is 0 Å². The standard InChI is InChI=1S/C29H40FN3O6S/c1-32(2)11-12-33(40(36,37)24-8-9-25(30)26(31)18-24)19-27(34)22(14-20-6-4-3-5-7-20)16-29(35)39-23-15-21-10-13-38-28(21)17-23/h3-9,18,21-23,27-28,34H,10-17,19,31H2,1-2H3/t21?,22-,23?,27-,28-/m1/s1. The van der Waals surface area contributed by atoms with Crippen molar-refractivity contribution in [1.82, 2.24) is 9.21 Å². The molecule has 11 heteroatoms. The highest BCUT2D eigenvalue weighted by Gasteiger charge is 2.40. The highest BCUT2D eigenvalue weighted by molar-refractivity contribution is 7.89. The van der Waals surface area contributed by atoms with Gasteiger partial charge in [0.15, 0.2) is 0 Å². The molecule has 220 valence electrons. The van der Waals surface area contributed by atoms with Crippen LogP contribution in [-0.4, -0.2) is 87.3 Å². The lowest BCUT2D eigenvalue weighted by Crippen LogP contribution is -2.44. The van der Waals surface area contributed by atoms with Crippen molar-refractivity contribution in [3.63, 3.8) is 0 Å². The highest BCUT2D eigenvalue weighted by Crippen LogP contribution is 2.37. The van der Waals surface area contributed by atoms with Crippen molar-refractivity contribution in [1.29, 1.82) is 0 Å². The Morgan fingerprint density at radius 1 is 1.18 bits per heavy atom. The molecule has 3 N–H and O–H groups in total. The molecule has 1 saturated heterocycles. The molecule has 2 aromatic rings. The monoisotopic (exact) mass is 577 g/mol. The molecular formula is C29H40FN3O6S. The maximum absolute atomic E-state index is 13.8. The first-order chi connectivity index (χ1) is 19.0. The average molecular weight is 578 g/mol. The maximum atomic E-state index is 13.8. The Labute approximate surface area is 236 Å². The van der Waals surface area contributed by atoms with Crippen LogP contribution in [0.5, 0.6) is 0 Å². The van der Waals surface area contributed by atoms with Gasteiger partial charge in [-0.2, -0.15) is 4.31 Å². The number of nitrogens with zero attached hydrogens (tertiary/aromatic N) is 2. The SMILES string of the molecule is CN(C)CCN(C[C@@H](O)[C@@H](CC(=O)OC1CC2CCO[C@@H]2C1)Cc1ccccc1)S(=O)(=O)c1ccc(F)c(N)c1. The van der Waals surface area contributed by atoms with Gasteiger partial charge in [0.2, 0.25) is 10.0 Å². The molecule has 1 aliphatic heterocycles. The Hall–Kier alpha value is -2.57. The van der Waals surface area contributed by atoms with Gasteiger partial charge in [-0.1, -0.05) is 30.3 Å². The Kier molecular flexibility index (Phi) is 10.2. The molecule has 2 aromatic carbocycles. The van der Waals surface area contributed by atoms with Crippen molar-refractivity contribution in [2.75, 3.05) is 46.1 Å². The summed E-state index contributed by atoms with van der Waals surface area (Å²) < 4.78 is 53.6.